The van der Waals surface area contributed by atoms with E-state index in [0.29, 0.717) is 11.1 Å². The molecule has 158 valence electrons. The van der Waals surface area contributed by atoms with Gasteiger partial charge in [-0.3, -0.25) is 9.78 Å². The summed E-state index contributed by atoms with van der Waals surface area (Å²) >= 11 is 0. The zero-order chi connectivity index (χ0) is 22.1. The summed E-state index contributed by atoms with van der Waals surface area (Å²) in [4.78, 5) is 35.5. The van der Waals surface area contributed by atoms with Crippen LogP contribution in [0.2, 0.25) is 0 Å². The normalized spacial score (nSPS) is 11.1. The highest BCUT2D eigenvalue weighted by molar-refractivity contribution is 5.91. The Labute approximate surface area is 171 Å². The van der Waals surface area contributed by atoms with Crippen LogP contribution >= 0.6 is 0 Å². The van der Waals surface area contributed by atoms with Gasteiger partial charge in [0.25, 0.3) is 0 Å². The van der Waals surface area contributed by atoms with Crippen molar-refractivity contribution in [2.75, 3.05) is 0 Å². The molecule has 0 fully saturated rings. The Bertz CT molecular complexity index is 787. The summed E-state index contributed by atoms with van der Waals surface area (Å²) in [5, 5.41) is 12.7. The predicted octanol–water partition coefficient (Wildman–Crippen LogP) is 5.12. The summed E-state index contributed by atoms with van der Waals surface area (Å²) in [6, 6.07) is 15.6. The van der Waals surface area contributed by atoms with Crippen LogP contribution in [0.15, 0.2) is 54.6 Å². The molecule has 0 saturated heterocycles. The van der Waals surface area contributed by atoms with E-state index in [4.69, 9.17) is 10.1 Å². The van der Waals surface area contributed by atoms with Crippen LogP contribution in [0.1, 0.15) is 67.8 Å². The van der Waals surface area contributed by atoms with Gasteiger partial charge in [0.1, 0.15) is 0 Å². The number of rotatable bonds is 4. The van der Waals surface area contributed by atoms with E-state index in [1.54, 1.807) is 57.2 Å². The van der Waals surface area contributed by atoms with Gasteiger partial charge in [0.05, 0.1) is 16.7 Å². The van der Waals surface area contributed by atoms with Crippen LogP contribution in [0.4, 0.5) is 0 Å². The van der Waals surface area contributed by atoms with E-state index in [-0.39, 0.29) is 5.41 Å². The maximum atomic E-state index is 11.3. The summed E-state index contributed by atoms with van der Waals surface area (Å²) < 4.78 is 0. The molecule has 0 bridgehead atoms. The predicted molar refractivity (Wildman–Crippen MR) is 107 cm³/mol. The minimum atomic E-state index is -0.712. The Kier molecular flexibility index (Phi) is 8.97. The highest BCUT2D eigenvalue weighted by Gasteiger charge is 2.21. The molecule has 0 aliphatic rings. The number of carbonyl (C=O) groups excluding carboxylic acids is 2. The van der Waals surface area contributed by atoms with Gasteiger partial charge in [0.15, 0.2) is 0 Å². The Hall–Kier alpha value is -2.74. The van der Waals surface area contributed by atoms with E-state index in [9.17, 15) is 9.59 Å². The van der Waals surface area contributed by atoms with Crippen LogP contribution in [0, 0.1) is 0 Å². The molecule has 2 aromatic carbocycles. The first kappa shape index (κ1) is 24.3. The van der Waals surface area contributed by atoms with Crippen LogP contribution in [-0.2, 0) is 25.1 Å². The molecule has 0 atom stereocenters. The van der Waals surface area contributed by atoms with Gasteiger partial charge in [-0.2, -0.15) is 10.1 Å². The Morgan fingerprint density at radius 3 is 1.86 bits per heavy atom. The molecule has 7 nitrogen and oxygen atoms in total. The van der Waals surface area contributed by atoms with E-state index in [0.717, 1.165) is 5.56 Å². The maximum Gasteiger partial charge on any atom is 0.376 e. The second-order valence-electron chi connectivity index (χ2n) is 8.17. The molecule has 0 radical (unpaired) electrons. The standard InChI is InChI=1S/C11H14O4.C11H14O3/c1-11(2,3)14-15-13-10(12)9-7-5-4-6-8-9;1-11(2,3)9-7-5-4-6-8(9)10(12)14-13/h4-8H,1-3H3;4-7,13H,1-3H3. The molecular formula is C22H28O7. The SMILES string of the molecule is CC(C)(C)OOOC(=O)c1ccccc1.CC(C)(C)c1ccccc1C(=O)OO. The van der Waals surface area contributed by atoms with Crippen molar-refractivity contribution in [1.29, 1.82) is 0 Å². The Morgan fingerprint density at radius 2 is 1.34 bits per heavy atom. The third kappa shape index (κ3) is 8.87. The van der Waals surface area contributed by atoms with Crippen molar-refractivity contribution in [3.63, 3.8) is 0 Å². The lowest BCUT2D eigenvalue weighted by Gasteiger charge is -2.21. The first-order valence-electron chi connectivity index (χ1n) is 9.02. The first-order chi connectivity index (χ1) is 13.5. The maximum absolute atomic E-state index is 11.3. The molecule has 29 heavy (non-hydrogen) atoms. The molecular weight excluding hydrogens is 376 g/mol. The number of hydrogen-bond donors (Lipinski definition) is 1. The number of carbonyl (C=O) groups is 2. The van der Waals surface area contributed by atoms with Gasteiger partial charge in [-0.25, -0.2) is 9.59 Å². The van der Waals surface area contributed by atoms with E-state index >= 15 is 0 Å². The molecule has 0 aliphatic carbocycles. The van der Waals surface area contributed by atoms with Crippen LogP contribution in [0.25, 0.3) is 0 Å². The summed E-state index contributed by atoms with van der Waals surface area (Å²) in [6.07, 6.45) is 0. The molecule has 0 spiro atoms. The topological polar surface area (TPSA) is 91.3 Å². The molecule has 7 heteroatoms. The minimum Gasteiger partial charge on any atom is -0.295 e. The van der Waals surface area contributed by atoms with Crippen molar-refractivity contribution in [2.24, 2.45) is 0 Å². The van der Waals surface area contributed by atoms with E-state index in [1.165, 1.54) is 0 Å². The third-order valence-corrected chi connectivity index (χ3v) is 3.44. The van der Waals surface area contributed by atoms with Gasteiger partial charge in [-0.05, 0) is 55.0 Å². The number of hydrogen-bond acceptors (Lipinski definition) is 7. The van der Waals surface area contributed by atoms with Gasteiger partial charge in [0, 0.05) is 0 Å². The van der Waals surface area contributed by atoms with Gasteiger partial charge in [-0.15, -0.1) is 0 Å². The van der Waals surface area contributed by atoms with Crippen LogP contribution < -0.4 is 0 Å². The lowest BCUT2D eigenvalue weighted by Crippen LogP contribution is -2.20. The summed E-state index contributed by atoms with van der Waals surface area (Å²) in [5.74, 6) is -1.30. The van der Waals surface area contributed by atoms with Crippen molar-refractivity contribution in [1.82, 2.24) is 0 Å². The Morgan fingerprint density at radius 1 is 0.793 bits per heavy atom. The smallest absolute Gasteiger partial charge is 0.295 e. The quantitative estimate of drug-likeness (QED) is 0.558. The van der Waals surface area contributed by atoms with E-state index in [1.807, 2.05) is 39.0 Å². The average Bonchev–Trinajstić information content (AvgIpc) is 2.67. The highest BCUT2D eigenvalue weighted by atomic mass is 17.5. The fourth-order valence-electron chi connectivity index (χ4n) is 2.14. The fraction of sp³-hybridized carbons (Fsp3) is 0.364. The molecule has 0 aromatic heterocycles. The second-order valence-corrected chi connectivity index (χ2v) is 8.17. The average molecular weight is 404 g/mol. The minimum absolute atomic E-state index is 0.148. The lowest BCUT2D eigenvalue weighted by molar-refractivity contribution is -0.510. The van der Waals surface area contributed by atoms with Gasteiger partial charge in [0.2, 0.25) is 0 Å². The molecule has 0 amide bonds. The summed E-state index contributed by atoms with van der Waals surface area (Å²) in [5.41, 5.74) is 1.01. The monoisotopic (exact) mass is 404 g/mol. The molecule has 2 rings (SSSR count). The van der Waals surface area contributed by atoms with Gasteiger partial charge in [-0.1, -0.05) is 57.2 Å². The van der Waals surface area contributed by atoms with E-state index in [2.05, 4.69) is 14.8 Å². The van der Waals surface area contributed by atoms with Crippen molar-refractivity contribution < 1.29 is 34.5 Å². The molecule has 1 N–H and O–H groups in total. The largest absolute Gasteiger partial charge is 0.376 e. The first-order valence-corrected chi connectivity index (χ1v) is 9.02. The zero-order valence-corrected chi connectivity index (χ0v) is 17.6. The molecule has 0 heterocycles. The summed E-state index contributed by atoms with van der Waals surface area (Å²) in [7, 11) is 0. The van der Waals surface area contributed by atoms with Crippen molar-refractivity contribution in [2.45, 2.75) is 52.6 Å². The van der Waals surface area contributed by atoms with Crippen LogP contribution in [0.3, 0.4) is 0 Å². The third-order valence-electron chi connectivity index (χ3n) is 3.44. The van der Waals surface area contributed by atoms with Gasteiger partial charge >= 0.3 is 11.9 Å². The highest BCUT2D eigenvalue weighted by Crippen LogP contribution is 2.25. The fourth-order valence-corrected chi connectivity index (χ4v) is 2.14. The number of benzene rings is 2. The zero-order valence-electron chi connectivity index (χ0n) is 17.6. The van der Waals surface area contributed by atoms with Crippen molar-refractivity contribution >= 4 is 11.9 Å². The molecule has 2 aromatic rings. The molecule has 0 saturated carbocycles. The molecule has 0 aliphatic heterocycles. The van der Waals surface area contributed by atoms with Gasteiger partial charge < -0.3 is 0 Å². The molecule has 0 unspecified atom stereocenters. The van der Waals surface area contributed by atoms with Crippen LogP contribution in [0.5, 0.6) is 0 Å². The Balaban J connectivity index is 0.000000291. The van der Waals surface area contributed by atoms with Crippen molar-refractivity contribution in [3.8, 4) is 0 Å². The summed E-state index contributed by atoms with van der Waals surface area (Å²) in [6.45, 7) is 11.3. The van der Waals surface area contributed by atoms with Crippen LogP contribution in [-0.4, -0.2) is 22.8 Å². The van der Waals surface area contributed by atoms with E-state index < -0.39 is 17.5 Å². The second kappa shape index (κ2) is 10.7. The lowest BCUT2D eigenvalue weighted by atomic mass is 9.84. The van der Waals surface area contributed by atoms with Crippen molar-refractivity contribution in [3.05, 3.63) is 71.3 Å².